The molecule has 0 aromatic heterocycles. The van der Waals surface area contributed by atoms with Crippen molar-refractivity contribution in [2.75, 3.05) is 13.7 Å². The van der Waals surface area contributed by atoms with Crippen molar-refractivity contribution in [3.05, 3.63) is 59.2 Å². The first-order valence-electron chi connectivity index (χ1n) is 8.67. The summed E-state index contributed by atoms with van der Waals surface area (Å²) in [5.74, 6) is 0.0269. The van der Waals surface area contributed by atoms with Crippen LogP contribution in [-0.4, -0.2) is 30.4 Å². The SMILES string of the molecule is COc1cc(C#N)ccc1OC(=O)CC1c2ccccc2CCN1C(C)=O. The fraction of sp³-hybridized carbons (Fsp3) is 0.286. The van der Waals surface area contributed by atoms with Crippen molar-refractivity contribution >= 4 is 11.9 Å². The van der Waals surface area contributed by atoms with Gasteiger partial charge in [-0.25, -0.2) is 0 Å². The van der Waals surface area contributed by atoms with Gasteiger partial charge in [-0.1, -0.05) is 24.3 Å². The molecule has 1 heterocycles. The molecule has 1 unspecified atom stereocenters. The van der Waals surface area contributed by atoms with Crippen LogP contribution >= 0.6 is 0 Å². The van der Waals surface area contributed by atoms with Crippen molar-refractivity contribution in [3.63, 3.8) is 0 Å². The molecule has 3 rings (SSSR count). The van der Waals surface area contributed by atoms with Crippen molar-refractivity contribution in [2.24, 2.45) is 0 Å². The highest BCUT2D eigenvalue weighted by Crippen LogP contribution is 2.34. The van der Waals surface area contributed by atoms with E-state index in [0.717, 1.165) is 17.5 Å². The maximum atomic E-state index is 12.6. The fourth-order valence-electron chi connectivity index (χ4n) is 3.39. The Labute approximate surface area is 157 Å². The maximum absolute atomic E-state index is 12.6. The van der Waals surface area contributed by atoms with Gasteiger partial charge < -0.3 is 14.4 Å². The molecule has 0 N–H and O–H groups in total. The number of nitrogens with zero attached hydrogens (tertiary/aromatic N) is 2. The molecule has 0 spiro atoms. The van der Waals surface area contributed by atoms with Crippen LogP contribution in [0.2, 0.25) is 0 Å². The minimum atomic E-state index is -0.467. The number of carbonyl (C=O) groups excluding carboxylic acids is 2. The Bertz CT molecular complexity index is 917. The summed E-state index contributed by atoms with van der Waals surface area (Å²) >= 11 is 0. The number of methoxy groups -OCH3 is 1. The van der Waals surface area contributed by atoms with Gasteiger partial charge in [-0.05, 0) is 29.7 Å². The van der Waals surface area contributed by atoms with Crippen LogP contribution in [0, 0.1) is 11.3 Å². The molecule has 1 aliphatic rings. The van der Waals surface area contributed by atoms with Gasteiger partial charge in [0.05, 0.1) is 31.2 Å². The largest absolute Gasteiger partial charge is 0.493 e. The van der Waals surface area contributed by atoms with Crippen molar-refractivity contribution < 1.29 is 19.1 Å². The van der Waals surface area contributed by atoms with Crippen LogP contribution in [0.15, 0.2) is 42.5 Å². The summed E-state index contributed by atoms with van der Waals surface area (Å²) < 4.78 is 10.7. The van der Waals surface area contributed by atoms with E-state index in [9.17, 15) is 9.59 Å². The summed E-state index contributed by atoms with van der Waals surface area (Å²) in [6, 6.07) is 14.1. The van der Waals surface area contributed by atoms with E-state index in [1.165, 1.54) is 26.2 Å². The Morgan fingerprint density at radius 2 is 2.00 bits per heavy atom. The number of esters is 1. The predicted octanol–water partition coefficient (Wildman–Crippen LogP) is 3.01. The number of rotatable bonds is 4. The van der Waals surface area contributed by atoms with E-state index in [0.29, 0.717) is 17.9 Å². The van der Waals surface area contributed by atoms with Gasteiger partial charge in [0, 0.05) is 19.5 Å². The van der Waals surface area contributed by atoms with E-state index < -0.39 is 5.97 Å². The lowest BCUT2D eigenvalue weighted by Gasteiger charge is -2.36. The first-order valence-corrected chi connectivity index (χ1v) is 8.67. The van der Waals surface area contributed by atoms with E-state index in [1.54, 1.807) is 11.0 Å². The van der Waals surface area contributed by atoms with Crippen LogP contribution in [0.4, 0.5) is 0 Å². The third-order valence-corrected chi connectivity index (χ3v) is 4.69. The minimum Gasteiger partial charge on any atom is -0.493 e. The first kappa shape index (κ1) is 18.5. The second-order valence-corrected chi connectivity index (χ2v) is 6.33. The van der Waals surface area contributed by atoms with Gasteiger partial charge in [0.15, 0.2) is 11.5 Å². The van der Waals surface area contributed by atoms with E-state index in [4.69, 9.17) is 14.7 Å². The van der Waals surface area contributed by atoms with E-state index >= 15 is 0 Å². The summed E-state index contributed by atoms with van der Waals surface area (Å²) in [6.07, 6.45) is 0.810. The van der Waals surface area contributed by atoms with Crippen molar-refractivity contribution in [1.29, 1.82) is 5.26 Å². The predicted molar refractivity (Wildman–Crippen MR) is 98.2 cm³/mol. The highest BCUT2D eigenvalue weighted by atomic mass is 16.6. The molecule has 0 saturated heterocycles. The monoisotopic (exact) mass is 364 g/mol. The summed E-state index contributed by atoms with van der Waals surface area (Å²) in [6.45, 7) is 2.08. The number of benzene rings is 2. The van der Waals surface area contributed by atoms with Gasteiger partial charge in [0.1, 0.15) is 0 Å². The van der Waals surface area contributed by atoms with Crippen molar-refractivity contribution in [3.8, 4) is 17.6 Å². The lowest BCUT2D eigenvalue weighted by molar-refractivity contribution is -0.138. The number of fused-ring (bicyclic) bond motifs is 1. The number of hydrogen-bond acceptors (Lipinski definition) is 5. The molecule has 1 atom stereocenters. The molecule has 27 heavy (non-hydrogen) atoms. The zero-order valence-electron chi connectivity index (χ0n) is 15.3. The standard InChI is InChI=1S/C21H20N2O4/c1-14(24)23-10-9-16-5-3-4-6-17(16)18(23)12-21(25)27-19-8-7-15(13-22)11-20(19)26-2/h3-8,11,18H,9-10,12H2,1-2H3. The first-order chi connectivity index (χ1) is 13.0. The molecular formula is C21H20N2O4. The third kappa shape index (κ3) is 3.93. The molecule has 0 saturated carbocycles. The van der Waals surface area contributed by atoms with Crippen molar-refractivity contribution in [1.82, 2.24) is 4.90 Å². The molecule has 0 radical (unpaired) electrons. The zero-order valence-corrected chi connectivity index (χ0v) is 15.3. The van der Waals surface area contributed by atoms with E-state index in [1.807, 2.05) is 30.3 Å². The number of ether oxygens (including phenoxy) is 2. The quantitative estimate of drug-likeness (QED) is 0.615. The number of nitriles is 1. The normalized spacial score (nSPS) is 15.4. The summed E-state index contributed by atoms with van der Waals surface area (Å²) in [4.78, 5) is 26.4. The Hall–Kier alpha value is -3.33. The third-order valence-electron chi connectivity index (χ3n) is 4.69. The van der Waals surface area contributed by atoms with Crippen LogP contribution in [0.25, 0.3) is 0 Å². The summed E-state index contributed by atoms with van der Waals surface area (Å²) in [5.41, 5.74) is 2.53. The van der Waals surface area contributed by atoms with Gasteiger partial charge in [-0.3, -0.25) is 9.59 Å². The second kappa shape index (κ2) is 7.92. The van der Waals surface area contributed by atoms with E-state index in [2.05, 4.69) is 0 Å². The lowest BCUT2D eigenvalue weighted by atomic mass is 9.90. The molecule has 6 nitrogen and oxygen atoms in total. The number of amides is 1. The molecule has 0 aliphatic carbocycles. The number of carbonyl (C=O) groups is 2. The molecule has 1 amide bonds. The molecule has 2 aromatic rings. The molecule has 2 aromatic carbocycles. The van der Waals surface area contributed by atoms with Crippen molar-refractivity contribution in [2.45, 2.75) is 25.8 Å². The topological polar surface area (TPSA) is 79.6 Å². The van der Waals surface area contributed by atoms with Crippen LogP contribution in [-0.2, 0) is 16.0 Å². The van der Waals surface area contributed by atoms with Gasteiger partial charge in [-0.15, -0.1) is 0 Å². The Kier molecular flexibility index (Phi) is 5.41. The Morgan fingerprint density at radius 1 is 1.22 bits per heavy atom. The summed E-state index contributed by atoms with van der Waals surface area (Å²) in [5, 5.41) is 8.97. The smallest absolute Gasteiger partial charge is 0.313 e. The maximum Gasteiger partial charge on any atom is 0.313 e. The zero-order chi connectivity index (χ0) is 19.4. The van der Waals surface area contributed by atoms with Crippen LogP contribution < -0.4 is 9.47 Å². The lowest BCUT2D eigenvalue weighted by Crippen LogP contribution is -2.40. The summed E-state index contributed by atoms with van der Waals surface area (Å²) in [7, 11) is 1.45. The number of hydrogen-bond donors (Lipinski definition) is 0. The highest BCUT2D eigenvalue weighted by Gasteiger charge is 2.31. The van der Waals surface area contributed by atoms with E-state index in [-0.39, 0.29) is 24.1 Å². The van der Waals surface area contributed by atoms with Gasteiger partial charge >= 0.3 is 5.97 Å². The van der Waals surface area contributed by atoms with Gasteiger partial charge in [0.2, 0.25) is 5.91 Å². The highest BCUT2D eigenvalue weighted by molar-refractivity contribution is 5.78. The second-order valence-electron chi connectivity index (χ2n) is 6.33. The average Bonchev–Trinajstić information content (AvgIpc) is 2.68. The minimum absolute atomic E-state index is 0.0414. The van der Waals surface area contributed by atoms with Crippen LogP contribution in [0.5, 0.6) is 11.5 Å². The Morgan fingerprint density at radius 3 is 2.70 bits per heavy atom. The van der Waals surface area contributed by atoms with Crippen LogP contribution in [0.1, 0.15) is 36.1 Å². The fourth-order valence-corrected chi connectivity index (χ4v) is 3.39. The molecule has 6 heteroatoms. The van der Waals surface area contributed by atoms with Gasteiger partial charge in [0.25, 0.3) is 0 Å². The van der Waals surface area contributed by atoms with Gasteiger partial charge in [-0.2, -0.15) is 5.26 Å². The average molecular weight is 364 g/mol. The molecule has 0 bridgehead atoms. The molecule has 138 valence electrons. The molecular weight excluding hydrogens is 344 g/mol. The molecule has 0 fully saturated rings. The van der Waals surface area contributed by atoms with Crippen LogP contribution in [0.3, 0.4) is 0 Å². The Balaban J connectivity index is 1.82. The molecule has 1 aliphatic heterocycles.